The summed E-state index contributed by atoms with van der Waals surface area (Å²) in [7, 11) is 1.61. The molecule has 0 saturated carbocycles. The van der Waals surface area contributed by atoms with Crippen LogP contribution in [0.2, 0.25) is 0 Å². The molecular formula is C20H25N3O2. The number of carbonyl (C=O) groups excluding carboxylic acids is 1. The van der Waals surface area contributed by atoms with Crippen molar-refractivity contribution >= 4 is 11.7 Å². The lowest BCUT2D eigenvalue weighted by Crippen LogP contribution is -2.28. The second-order valence-corrected chi connectivity index (χ2v) is 6.34. The smallest absolute Gasteiger partial charge is 0.319 e. The van der Waals surface area contributed by atoms with Crippen molar-refractivity contribution in [2.45, 2.75) is 25.9 Å². The van der Waals surface area contributed by atoms with Gasteiger partial charge in [-0.15, -0.1) is 0 Å². The summed E-state index contributed by atoms with van der Waals surface area (Å²) >= 11 is 0. The van der Waals surface area contributed by atoms with Gasteiger partial charge in [-0.1, -0.05) is 30.3 Å². The SMILES string of the molecule is COc1cccc(NC(=O)NCc2cccc(CN3CCCC3)c2)c1. The molecule has 0 aromatic heterocycles. The largest absolute Gasteiger partial charge is 0.497 e. The van der Waals surface area contributed by atoms with E-state index >= 15 is 0 Å². The Labute approximate surface area is 149 Å². The molecule has 0 unspecified atom stereocenters. The van der Waals surface area contributed by atoms with E-state index < -0.39 is 0 Å². The first kappa shape index (κ1) is 17.3. The van der Waals surface area contributed by atoms with Gasteiger partial charge < -0.3 is 15.4 Å². The predicted molar refractivity (Wildman–Crippen MR) is 99.8 cm³/mol. The summed E-state index contributed by atoms with van der Waals surface area (Å²) in [5, 5.41) is 5.72. The average molecular weight is 339 g/mol. The molecule has 5 nitrogen and oxygen atoms in total. The van der Waals surface area contributed by atoms with Crippen LogP contribution < -0.4 is 15.4 Å². The fourth-order valence-corrected chi connectivity index (χ4v) is 3.10. The first-order chi connectivity index (χ1) is 12.2. The molecular weight excluding hydrogens is 314 g/mol. The van der Waals surface area contributed by atoms with E-state index in [1.165, 1.54) is 31.5 Å². The van der Waals surface area contributed by atoms with Gasteiger partial charge in [0.05, 0.1) is 7.11 Å². The summed E-state index contributed by atoms with van der Waals surface area (Å²) in [6.45, 7) is 3.87. The van der Waals surface area contributed by atoms with Crippen LogP contribution in [0.25, 0.3) is 0 Å². The van der Waals surface area contributed by atoms with Crippen molar-refractivity contribution in [1.82, 2.24) is 10.2 Å². The average Bonchev–Trinajstić information content (AvgIpc) is 3.13. The minimum absolute atomic E-state index is 0.224. The van der Waals surface area contributed by atoms with Gasteiger partial charge in [0, 0.05) is 24.8 Å². The van der Waals surface area contributed by atoms with E-state index in [1.54, 1.807) is 13.2 Å². The highest BCUT2D eigenvalue weighted by Crippen LogP contribution is 2.17. The number of urea groups is 1. The van der Waals surface area contributed by atoms with Gasteiger partial charge in [-0.3, -0.25) is 4.90 Å². The molecule has 3 rings (SSSR count). The summed E-state index contributed by atoms with van der Waals surface area (Å²) < 4.78 is 5.16. The number of anilines is 1. The third-order valence-corrected chi connectivity index (χ3v) is 4.38. The number of ether oxygens (including phenoxy) is 1. The van der Waals surface area contributed by atoms with Gasteiger partial charge in [0.15, 0.2) is 0 Å². The van der Waals surface area contributed by atoms with E-state index in [9.17, 15) is 4.79 Å². The zero-order valence-corrected chi connectivity index (χ0v) is 14.6. The van der Waals surface area contributed by atoms with Crippen molar-refractivity contribution in [3.05, 3.63) is 59.7 Å². The number of methoxy groups -OCH3 is 1. The molecule has 1 aliphatic heterocycles. The maximum Gasteiger partial charge on any atom is 0.319 e. The van der Waals surface area contributed by atoms with Gasteiger partial charge in [-0.05, 0) is 49.2 Å². The summed E-state index contributed by atoms with van der Waals surface area (Å²) in [5.74, 6) is 0.715. The van der Waals surface area contributed by atoms with Crippen LogP contribution in [-0.4, -0.2) is 31.1 Å². The Kier molecular flexibility index (Phi) is 5.90. The molecule has 0 spiro atoms. The van der Waals surface area contributed by atoms with Crippen molar-refractivity contribution in [2.75, 3.05) is 25.5 Å². The molecule has 2 amide bonds. The van der Waals surface area contributed by atoms with Crippen molar-refractivity contribution in [1.29, 1.82) is 0 Å². The lowest BCUT2D eigenvalue weighted by molar-refractivity contribution is 0.251. The van der Waals surface area contributed by atoms with E-state index in [-0.39, 0.29) is 6.03 Å². The van der Waals surface area contributed by atoms with Crippen LogP contribution in [0.5, 0.6) is 5.75 Å². The van der Waals surface area contributed by atoms with E-state index in [0.29, 0.717) is 18.0 Å². The van der Waals surface area contributed by atoms with Crippen molar-refractivity contribution in [2.24, 2.45) is 0 Å². The second-order valence-electron chi connectivity index (χ2n) is 6.34. The second kappa shape index (κ2) is 8.53. The van der Waals surface area contributed by atoms with Gasteiger partial charge >= 0.3 is 6.03 Å². The Morgan fingerprint density at radius 2 is 1.84 bits per heavy atom. The molecule has 1 fully saturated rings. The number of rotatable bonds is 6. The van der Waals surface area contributed by atoms with Crippen LogP contribution in [0.4, 0.5) is 10.5 Å². The fraction of sp³-hybridized carbons (Fsp3) is 0.350. The molecule has 1 aliphatic rings. The van der Waals surface area contributed by atoms with Gasteiger partial charge in [0.25, 0.3) is 0 Å². The zero-order chi connectivity index (χ0) is 17.5. The molecule has 2 aromatic carbocycles. The number of benzene rings is 2. The number of nitrogens with one attached hydrogen (secondary N) is 2. The molecule has 0 atom stereocenters. The van der Waals surface area contributed by atoms with Crippen LogP contribution in [0.3, 0.4) is 0 Å². The lowest BCUT2D eigenvalue weighted by atomic mass is 10.1. The summed E-state index contributed by atoms with van der Waals surface area (Å²) in [4.78, 5) is 14.6. The number of nitrogens with zero attached hydrogens (tertiary/aromatic N) is 1. The molecule has 1 saturated heterocycles. The first-order valence-electron chi connectivity index (χ1n) is 8.72. The Morgan fingerprint density at radius 3 is 2.64 bits per heavy atom. The number of amides is 2. The fourth-order valence-electron chi connectivity index (χ4n) is 3.10. The zero-order valence-electron chi connectivity index (χ0n) is 14.6. The molecule has 2 N–H and O–H groups in total. The molecule has 1 heterocycles. The third kappa shape index (κ3) is 5.22. The van der Waals surface area contributed by atoms with Crippen LogP contribution in [0.1, 0.15) is 24.0 Å². The van der Waals surface area contributed by atoms with Gasteiger partial charge in [-0.25, -0.2) is 4.79 Å². The van der Waals surface area contributed by atoms with Crippen LogP contribution >= 0.6 is 0 Å². The van der Waals surface area contributed by atoms with Gasteiger partial charge in [0.1, 0.15) is 5.75 Å². The maximum atomic E-state index is 12.1. The van der Waals surface area contributed by atoms with E-state index in [4.69, 9.17) is 4.74 Å². The Morgan fingerprint density at radius 1 is 1.08 bits per heavy atom. The number of hydrogen-bond donors (Lipinski definition) is 2. The standard InChI is InChI=1S/C20H25N3O2/c1-25-19-9-5-8-18(13-19)22-20(24)21-14-16-6-4-7-17(12-16)15-23-10-2-3-11-23/h4-9,12-13H,2-3,10-11,14-15H2,1H3,(H2,21,22,24). The molecule has 132 valence electrons. The molecule has 2 aromatic rings. The number of carbonyl (C=O) groups is 1. The molecule has 5 heteroatoms. The van der Waals surface area contributed by atoms with E-state index in [0.717, 1.165) is 12.1 Å². The molecule has 25 heavy (non-hydrogen) atoms. The van der Waals surface area contributed by atoms with E-state index in [1.807, 2.05) is 24.3 Å². The Balaban J connectivity index is 1.51. The van der Waals surface area contributed by atoms with Crippen molar-refractivity contribution in [3.8, 4) is 5.75 Å². The summed E-state index contributed by atoms with van der Waals surface area (Å²) in [5.41, 5.74) is 3.12. The number of likely N-dealkylation sites (tertiary alicyclic amines) is 1. The Hall–Kier alpha value is -2.53. The summed E-state index contributed by atoms with van der Waals surface area (Å²) in [6.07, 6.45) is 2.59. The highest BCUT2D eigenvalue weighted by atomic mass is 16.5. The van der Waals surface area contributed by atoms with Gasteiger partial charge in [-0.2, -0.15) is 0 Å². The van der Waals surface area contributed by atoms with Gasteiger partial charge in [0.2, 0.25) is 0 Å². The van der Waals surface area contributed by atoms with Crippen molar-refractivity contribution in [3.63, 3.8) is 0 Å². The van der Waals surface area contributed by atoms with Crippen LogP contribution in [0.15, 0.2) is 48.5 Å². The first-order valence-corrected chi connectivity index (χ1v) is 8.72. The topological polar surface area (TPSA) is 53.6 Å². The Bertz CT molecular complexity index is 712. The third-order valence-electron chi connectivity index (χ3n) is 4.38. The van der Waals surface area contributed by atoms with Crippen LogP contribution in [0, 0.1) is 0 Å². The highest BCUT2D eigenvalue weighted by Gasteiger charge is 2.11. The maximum absolute atomic E-state index is 12.1. The minimum Gasteiger partial charge on any atom is -0.497 e. The normalized spacial score (nSPS) is 14.3. The van der Waals surface area contributed by atoms with Crippen LogP contribution in [-0.2, 0) is 13.1 Å². The van der Waals surface area contributed by atoms with E-state index in [2.05, 4.69) is 33.7 Å². The lowest BCUT2D eigenvalue weighted by Gasteiger charge is -2.15. The quantitative estimate of drug-likeness (QED) is 0.845. The molecule has 0 bridgehead atoms. The van der Waals surface area contributed by atoms with Crippen molar-refractivity contribution < 1.29 is 9.53 Å². The number of hydrogen-bond acceptors (Lipinski definition) is 3. The predicted octanol–water partition coefficient (Wildman–Crippen LogP) is 3.61. The highest BCUT2D eigenvalue weighted by molar-refractivity contribution is 5.89. The molecule has 0 radical (unpaired) electrons. The minimum atomic E-state index is -0.224. The summed E-state index contributed by atoms with van der Waals surface area (Å²) in [6, 6.07) is 15.5. The monoisotopic (exact) mass is 339 g/mol. The molecule has 0 aliphatic carbocycles.